The van der Waals surface area contributed by atoms with Crippen molar-refractivity contribution >= 4 is 5.91 Å². The van der Waals surface area contributed by atoms with Gasteiger partial charge in [0, 0.05) is 13.7 Å². The lowest BCUT2D eigenvalue weighted by Crippen LogP contribution is -2.46. The van der Waals surface area contributed by atoms with Crippen LogP contribution in [0.15, 0.2) is 0 Å². The van der Waals surface area contributed by atoms with Gasteiger partial charge in [-0.1, -0.05) is 0 Å². The predicted molar refractivity (Wildman–Crippen MR) is 48.1 cm³/mol. The van der Waals surface area contributed by atoms with Crippen LogP contribution in [0.25, 0.3) is 0 Å². The maximum absolute atomic E-state index is 12.2. The Hall–Kier alpha value is -0.750. The molecule has 0 aromatic carbocycles. The molecule has 0 bridgehead atoms. The molecule has 3 N–H and O–H groups in total. The highest BCUT2D eigenvalue weighted by Gasteiger charge is 2.29. The lowest BCUT2D eigenvalue weighted by molar-refractivity contribution is -0.124. The van der Waals surface area contributed by atoms with E-state index in [0.29, 0.717) is 0 Å². The number of hydrogen-bond acceptors (Lipinski definition) is 3. The average molecular weight is 210 g/mol. The van der Waals surface area contributed by atoms with E-state index in [1.165, 1.54) is 14.0 Å². The van der Waals surface area contributed by atoms with Crippen molar-refractivity contribution < 1.29 is 18.3 Å². The summed E-state index contributed by atoms with van der Waals surface area (Å²) in [4.78, 5) is 10.8. The van der Waals surface area contributed by atoms with E-state index < -0.39 is 12.0 Å². The van der Waals surface area contributed by atoms with Gasteiger partial charge in [0.2, 0.25) is 5.91 Å². The quantitative estimate of drug-likeness (QED) is 0.654. The highest BCUT2D eigenvalue weighted by Crippen LogP contribution is 2.14. The zero-order valence-corrected chi connectivity index (χ0v) is 8.35. The largest absolute Gasteiger partial charge is 0.375 e. The van der Waals surface area contributed by atoms with E-state index in [1.54, 1.807) is 0 Å². The lowest BCUT2D eigenvalue weighted by Gasteiger charge is -2.23. The highest BCUT2D eigenvalue weighted by atomic mass is 19.3. The van der Waals surface area contributed by atoms with Crippen LogP contribution in [-0.4, -0.2) is 38.1 Å². The van der Waals surface area contributed by atoms with Gasteiger partial charge in [0.05, 0.1) is 5.54 Å². The Labute approximate surface area is 81.8 Å². The van der Waals surface area contributed by atoms with Crippen molar-refractivity contribution in [3.8, 4) is 0 Å². The van der Waals surface area contributed by atoms with Gasteiger partial charge in [0.25, 0.3) is 6.43 Å². The Kier molecular flexibility index (Phi) is 5.56. The summed E-state index contributed by atoms with van der Waals surface area (Å²) in [6.45, 7) is 1.30. The molecule has 0 aromatic heterocycles. The molecule has 0 aliphatic rings. The number of rotatable bonds is 6. The number of amides is 1. The second-order valence-corrected chi connectivity index (χ2v) is 3.34. The molecule has 0 fully saturated rings. The van der Waals surface area contributed by atoms with Gasteiger partial charge in [0.1, 0.15) is 6.61 Å². The smallest absolute Gasteiger partial charge is 0.256 e. The van der Waals surface area contributed by atoms with E-state index >= 15 is 0 Å². The third-order valence-corrected chi connectivity index (χ3v) is 1.76. The van der Waals surface area contributed by atoms with Crippen molar-refractivity contribution in [1.82, 2.24) is 5.32 Å². The molecule has 1 atom stereocenters. The van der Waals surface area contributed by atoms with E-state index in [0.717, 1.165) is 0 Å². The van der Waals surface area contributed by atoms with Crippen LogP contribution in [0, 0.1) is 0 Å². The minimum Gasteiger partial charge on any atom is -0.375 e. The SMILES string of the molecule is COCC(=O)NCCC(C)(N)C(F)F. The normalized spacial score (nSPS) is 15.3. The van der Waals surface area contributed by atoms with Gasteiger partial charge in [-0.05, 0) is 13.3 Å². The van der Waals surface area contributed by atoms with Crippen LogP contribution in [-0.2, 0) is 9.53 Å². The first-order chi connectivity index (χ1) is 6.40. The summed E-state index contributed by atoms with van der Waals surface area (Å²) in [6.07, 6.45) is -2.57. The molecule has 0 aromatic rings. The second-order valence-electron chi connectivity index (χ2n) is 3.34. The van der Waals surface area contributed by atoms with E-state index in [4.69, 9.17) is 5.73 Å². The molecule has 0 rings (SSSR count). The molecule has 0 radical (unpaired) electrons. The van der Waals surface area contributed by atoms with Crippen molar-refractivity contribution in [2.75, 3.05) is 20.3 Å². The summed E-state index contributed by atoms with van der Waals surface area (Å²) in [5.74, 6) is -0.336. The number of ether oxygens (including phenoxy) is 1. The Morgan fingerprint density at radius 1 is 1.64 bits per heavy atom. The molecule has 14 heavy (non-hydrogen) atoms. The summed E-state index contributed by atoms with van der Waals surface area (Å²) in [7, 11) is 1.38. The average Bonchev–Trinajstić information content (AvgIpc) is 2.04. The van der Waals surface area contributed by atoms with E-state index in [1.807, 2.05) is 0 Å². The fourth-order valence-electron chi connectivity index (χ4n) is 0.762. The van der Waals surface area contributed by atoms with Crippen LogP contribution >= 0.6 is 0 Å². The number of nitrogens with two attached hydrogens (primary N) is 1. The molecule has 84 valence electrons. The Balaban J connectivity index is 3.68. The molecule has 4 nitrogen and oxygen atoms in total. The molecule has 0 saturated carbocycles. The van der Waals surface area contributed by atoms with Crippen molar-refractivity contribution in [3.63, 3.8) is 0 Å². The van der Waals surface area contributed by atoms with Crippen LogP contribution in [0.5, 0.6) is 0 Å². The van der Waals surface area contributed by atoms with Gasteiger partial charge < -0.3 is 15.8 Å². The standard InChI is InChI=1S/C8H16F2N2O2/c1-8(11,7(9)10)3-4-12-6(13)5-14-2/h7H,3-5,11H2,1-2H3,(H,12,13). The van der Waals surface area contributed by atoms with Crippen LogP contribution in [0.1, 0.15) is 13.3 Å². The molecular formula is C8H16F2N2O2. The Morgan fingerprint density at radius 3 is 2.64 bits per heavy atom. The van der Waals surface area contributed by atoms with E-state index in [-0.39, 0.29) is 25.5 Å². The molecule has 1 unspecified atom stereocenters. The molecule has 0 aliphatic carbocycles. The number of alkyl halides is 2. The van der Waals surface area contributed by atoms with Crippen molar-refractivity contribution in [2.24, 2.45) is 5.73 Å². The van der Waals surface area contributed by atoms with Gasteiger partial charge >= 0.3 is 0 Å². The van der Waals surface area contributed by atoms with Crippen LogP contribution in [0.2, 0.25) is 0 Å². The zero-order valence-electron chi connectivity index (χ0n) is 8.35. The number of methoxy groups -OCH3 is 1. The van der Waals surface area contributed by atoms with Crippen LogP contribution < -0.4 is 11.1 Å². The summed E-state index contributed by atoms with van der Waals surface area (Å²) < 4.78 is 29.0. The molecule has 0 saturated heterocycles. The number of halogens is 2. The van der Waals surface area contributed by atoms with Gasteiger partial charge in [0.15, 0.2) is 0 Å². The first-order valence-corrected chi connectivity index (χ1v) is 4.23. The number of hydrogen-bond donors (Lipinski definition) is 2. The minimum atomic E-state index is -2.60. The third kappa shape index (κ3) is 5.08. The molecule has 0 spiro atoms. The first-order valence-electron chi connectivity index (χ1n) is 4.23. The third-order valence-electron chi connectivity index (χ3n) is 1.76. The summed E-state index contributed by atoms with van der Waals surface area (Å²) >= 11 is 0. The fraction of sp³-hybridized carbons (Fsp3) is 0.875. The first kappa shape index (κ1) is 13.2. The lowest BCUT2D eigenvalue weighted by atomic mass is 10.0. The second kappa shape index (κ2) is 5.87. The summed E-state index contributed by atoms with van der Waals surface area (Å²) in [5, 5.41) is 2.42. The Bertz CT molecular complexity index is 186. The van der Waals surface area contributed by atoms with Gasteiger partial charge in [-0.2, -0.15) is 0 Å². The fourth-order valence-corrected chi connectivity index (χ4v) is 0.762. The van der Waals surface area contributed by atoms with Crippen molar-refractivity contribution in [1.29, 1.82) is 0 Å². The van der Waals surface area contributed by atoms with Crippen LogP contribution in [0.3, 0.4) is 0 Å². The summed E-state index contributed by atoms with van der Waals surface area (Å²) in [5.41, 5.74) is 3.73. The van der Waals surface area contributed by atoms with Crippen molar-refractivity contribution in [2.45, 2.75) is 25.3 Å². The van der Waals surface area contributed by atoms with Gasteiger partial charge in [-0.15, -0.1) is 0 Å². The minimum absolute atomic E-state index is 0.0279. The molecular weight excluding hydrogens is 194 g/mol. The maximum atomic E-state index is 12.2. The Morgan fingerprint density at radius 2 is 2.21 bits per heavy atom. The number of nitrogens with one attached hydrogen (secondary N) is 1. The molecule has 0 aliphatic heterocycles. The van der Waals surface area contributed by atoms with Gasteiger partial charge in [-0.25, -0.2) is 8.78 Å². The van der Waals surface area contributed by atoms with Crippen LogP contribution in [0.4, 0.5) is 8.78 Å². The molecule has 0 heterocycles. The summed E-state index contributed by atoms with van der Waals surface area (Å²) in [6, 6.07) is 0. The number of carbonyl (C=O) groups excluding carboxylic acids is 1. The molecule has 6 heteroatoms. The number of carbonyl (C=O) groups is 1. The topological polar surface area (TPSA) is 64.3 Å². The molecule has 1 amide bonds. The van der Waals surface area contributed by atoms with Crippen molar-refractivity contribution in [3.05, 3.63) is 0 Å². The van der Waals surface area contributed by atoms with Gasteiger partial charge in [-0.3, -0.25) is 4.79 Å². The highest BCUT2D eigenvalue weighted by molar-refractivity contribution is 5.77. The van der Waals surface area contributed by atoms with E-state index in [2.05, 4.69) is 10.1 Å². The maximum Gasteiger partial charge on any atom is 0.256 e. The predicted octanol–water partition coefficient (Wildman–Crippen LogP) is 0.122. The monoisotopic (exact) mass is 210 g/mol. The van der Waals surface area contributed by atoms with E-state index in [9.17, 15) is 13.6 Å². The zero-order chi connectivity index (χ0) is 11.2.